The minimum Gasteiger partial charge on any atom is -0.508 e. The third-order valence-electron chi connectivity index (χ3n) is 5.85. The molecule has 11 heteroatoms. The lowest BCUT2D eigenvalue weighted by atomic mass is 9.89. The minimum absolute atomic E-state index is 0.0240. The summed E-state index contributed by atoms with van der Waals surface area (Å²) in [4.78, 5) is 12.6. The van der Waals surface area contributed by atoms with Crippen LogP contribution in [-0.4, -0.2) is 90.7 Å². The van der Waals surface area contributed by atoms with Gasteiger partial charge >= 0.3 is 5.97 Å². The van der Waals surface area contributed by atoms with Crippen molar-refractivity contribution in [3.63, 3.8) is 0 Å². The molecule has 3 rings (SSSR count). The van der Waals surface area contributed by atoms with E-state index in [-0.39, 0.29) is 24.5 Å². The summed E-state index contributed by atoms with van der Waals surface area (Å²) in [6.45, 7) is 0.470. The van der Waals surface area contributed by atoms with Crippen LogP contribution in [0.2, 0.25) is 0 Å². The maximum atomic E-state index is 12.6. The van der Waals surface area contributed by atoms with Crippen molar-refractivity contribution >= 4 is 5.97 Å². The molecule has 0 aromatic heterocycles. The predicted octanol–water partition coefficient (Wildman–Crippen LogP) is -1.03. The standard InChI is InChI=1S/C24H30O11/c1-13(26)24(32,10-14-2-6-16(27)7-3-14)23(31)33-12-15-4-8-17(9-5-15)34-22-21(30)20(29)19(28)18(11-25)35-22/h2-9,13,18-22,25-30,32H,10-12H2,1H3/t13-,18+,19-,20-,21-,22+,24-/m1/s1. The largest absolute Gasteiger partial charge is 0.508 e. The van der Waals surface area contributed by atoms with Crippen LogP contribution in [0.3, 0.4) is 0 Å². The van der Waals surface area contributed by atoms with Crippen LogP contribution in [-0.2, 0) is 27.3 Å². The molecule has 7 atom stereocenters. The number of rotatable bonds is 9. The number of ether oxygens (including phenoxy) is 3. The van der Waals surface area contributed by atoms with Crippen LogP contribution >= 0.6 is 0 Å². The third kappa shape index (κ3) is 6.27. The lowest BCUT2D eigenvalue weighted by Gasteiger charge is -2.39. The first-order valence-corrected chi connectivity index (χ1v) is 11.0. The lowest BCUT2D eigenvalue weighted by molar-refractivity contribution is -0.277. The molecule has 0 saturated carbocycles. The van der Waals surface area contributed by atoms with Gasteiger partial charge in [0, 0.05) is 6.42 Å². The second kappa shape index (κ2) is 11.3. The summed E-state index contributed by atoms with van der Waals surface area (Å²) in [6.07, 6.45) is -8.73. The van der Waals surface area contributed by atoms with Crippen molar-refractivity contribution in [1.29, 1.82) is 0 Å². The second-order valence-corrected chi connectivity index (χ2v) is 8.48. The molecule has 2 aromatic carbocycles. The van der Waals surface area contributed by atoms with Gasteiger partial charge in [-0.25, -0.2) is 4.79 Å². The van der Waals surface area contributed by atoms with Gasteiger partial charge in [-0.2, -0.15) is 0 Å². The van der Waals surface area contributed by atoms with Crippen molar-refractivity contribution < 1.29 is 54.8 Å². The van der Waals surface area contributed by atoms with Crippen molar-refractivity contribution in [1.82, 2.24) is 0 Å². The Balaban J connectivity index is 1.59. The Labute approximate surface area is 201 Å². The fourth-order valence-corrected chi connectivity index (χ4v) is 3.55. The zero-order valence-corrected chi connectivity index (χ0v) is 19.0. The van der Waals surface area contributed by atoms with Crippen molar-refractivity contribution in [3.8, 4) is 11.5 Å². The second-order valence-electron chi connectivity index (χ2n) is 8.48. The molecule has 1 aliphatic rings. The fourth-order valence-electron chi connectivity index (χ4n) is 3.55. The van der Waals surface area contributed by atoms with Gasteiger partial charge in [-0.05, 0) is 42.3 Å². The molecule has 1 aliphatic heterocycles. The SMILES string of the molecule is C[C@@H](O)[C@](O)(Cc1ccc(O)cc1)C(=O)OCc1ccc(O[C@H]2O[C@@H](CO)[C@@H](O)[C@@H](O)[C@H]2O)cc1. The van der Waals surface area contributed by atoms with Gasteiger partial charge < -0.3 is 50.0 Å². The highest BCUT2D eigenvalue weighted by Crippen LogP contribution is 2.25. The lowest BCUT2D eigenvalue weighted by Crippen LogP contribution is -2.60. The highest BCUT2D eigenvalue weighted by Gasteiger charge is 2.45. The monoisotopic (exact) mass is 494 g/mol. The average Bonchev–Trinajstić information content (AvgIpc) is 2.84. The van der Waals surface area contributed by atoms with E-state index in [4.69, 9.17) is 14.2 Å². The van der Waals surface area contributed by atoms with Gasteiger partial charge in [0.2, 0.25) is 6.29 Å². The molecule has 1 heterocycles. The van der Waals surface area contributed by atoms with Crippen LogP contribution in [0.5, 0.6) is 11.5 Å². The van der Waals surface area contributed by atoms with Gasteiger partial charge in [-0.15, -0.1) is 0 Å². The van der Waals surface area contributed by atoms with Crippen LogP contribution in [0.15, 0.2) is 48.5 Å². The summed E-state index contributed by atoms with van der Waals surface area (Å²) < 4.78 is 16.0. The summed E-state index contributed by atoms with van der Waals surface area (Å²) >= 11 is 0. The Morgan fingerprint density at radius 3 is 2.17 bits per heavy atom. The third-order valence-corrected chi connectivity index (χ3v) is 5.85. The number of aromatic hydroxyl groups is 1. The topological polar surface area (TPSA) is 186 Å². The molecule has 35 heavy (non-hydrogen) atoms. The predicted molar refractivity (Wildman–Crippen MR) is 119 cm³/mol. The van der Waals surface area contributed by atoms with Crippen LogP contribution in [0.25, 0.3) is 0 Å². The van der Waals surface area contributed by atoms with E-state index in [1.165, 1.54) is 43.3 Å². The van der Waals surface area contributed by atoms with Crippen LogP contribution in [0.4, 0.5) is 0 Å². The number of phenolic OH excluding ortho intramolecular Hbond substituents is 1. The van der Waals surface area contributed by atoms with E-state index < -0.39 is 55.0 Å². The molecule has 0 bridgehead atoms. The summed E-state index contributed by atoms with van der Waals surface area (Å²) in [5, 5.41) is 69.2. The Kier molecular flexibility index (Phi) is 8.67. The molecule has 0 radical (unpaired) electrons. The number of carbonyl (C=O) groups is 1. The molecule has 1 saturated heterocycles. The maximum absolute atomic E-state index is 12.6. The molecule has 11 nitrogen and oxygen atoms in total. The van der Waals surface area contributed by atoms with Gasteiger partial charge in [-0.1, -0.05) is 24.3 Å². The first kappa shape index (κ1) is 26.8. The number of esters is 1. The Hall–Kier alpha value is -2.77. The average molecular weight is 494 g/mol. The summed E-state index contributed by atoms with van der Waals surface area (Å²) in [5.74, 6) is -0.768. The van der Waals surface area contributed by atoms with Crippen molar-refractivity contribution in [3.05, 3.63) is 59.7 Å². The van der Waals surface area contributed by atoms with Crippen molar-refractivity contribution in [2.45, 2.75) is 62.4 Å². The van der Waals surface area contributed by atoms with Gasteiger partial charge in [0.1, 0.15) is 42.5 Å². The number of aliphatic hydroxyl groups excluding tert-OH is 5. The van der Waals surface area contributed by atoms with Crippen LogP contribution in [0.1, 0.15) is 18.1 Å². The van der Waals surface area contributed by atoms with E-state index in [1.807, 2.05) is 0 Å². The zero-order chi connectivity index (χ0) is 25.8. The summed E-state index contributed by atoms with van der Waals surface area (Å²) in [5.41, 5.74) is -1.17. The molecule has 0 spiro atoms. The molecular formula is C24H30O11. The molecule has 192 valence electrons. The Morgan fingerprint density at radius 2 is 1.60 bits per heavy atom. The minimum atomic E-state index is -2.21. The number of aliphatic hydroxyl groups is 6. The van der Waals surface area contributed by atoms with Gasteiger partial charge in [0.15, 0.2) is 5.60 Å². The molecular weight excluding hydrogens is 464 g/mol. The van der Waals surface area contributed by atoms with E-state index >= 15 is 0 Å². The summed E-state index contributed by atoms with van der Waals surface area (Å²) in [6, 6.07) is 11.9. The van der Waals surface area contributed by atoms with E-state index in [9.17, 15) is 40.5 Å². The van der Waals surface area contributed by atoms with Crippen LogP contribution in [0, 0.1) is 0 Å². The van der Waals surface area contributed by atoms with Gasteiger partial charge in [-0.3, -0.25) is 0 Å². The fraction of sp³-hybridized carbons (Fsp3) is 0.458. The van der Waals surface area contributed by atoms with E-state index in [0.717, 1.165) is 0 Å². The van der Waals surface area contributed by atoms with Gasteiger partial charge in [0.05, 0.1) is 12.7 Å². The molecule has 0 amide bonds. The molecule has 2 aromatic rings. The highest BCUT2D eigenvalue weighted by molar-refractivity contribution is 5.80. The quantitative estimate of drug-likeness (QED) is 0.211. The Bertz CT molecular complexity index is 960. The maximum Gasteiger partial charge on any atom is 0.341 e. The van der Waals surface area contributed by atoms with Crippen molar-refractivity contribution in [2.24, 2.45) is 0 Å². The smallest absolute Gasteiger partial charge is 0.341 e. The molecule has 0 unspecified atom stereocenters. The first-order valence-electron chi connectivity index (χ1n) is 11.0. The number of hydrogen-bond acceptors (Lipinski definition) is 11. The van der Waals surface area contributed by atoms with E-state index in [0.29, 0.717) is 11.1 Å². The first-order chi connectivity index (χ1) is 16.5. The number of phenols is 1. The van der Waals surface area contributed by atoms with E-state index in [1.54, 1.807) is 12.1 Å². The van der Waals surface area contributed by atoms with Gasteiger partial charge in [0.25, 0.3) is 0 Å². The van der Waals surface area contributed by atoms with E-state index in [2.05, 4.69) is 0 Å². The molecule has 7 N–H and O–H groups in total. The number of carbonyl (C=O) groups excluding carboxylic acids is 1. The highest BCUT2D eigenvalue weighted by atomic mass is 16.7. The normalized spacial score (nSPS) is 27.0. The number of hydrogen-bond donors (Lipinski definition) is 7. The Morgan fingerprint density at radius 1 is 1.00 bits per heavy atom. The molecule has 1 fully saturated rings. The summed E-state index contributed by atoms with van der Waals surface area (Å²) in [7, 11) is 0. The van der Waals surface area contributed by atoms with Crippen molar-refractivity contribution in [2.75, 3.05) is 6.61 Å². The number of benzene rings is 2. The zero-order valence-electron chi connectivity index (χ0n) is 19.0. The van der Waals surface area contributed by atoms with Crippen LogP contribution < -0.4 is 4.74 Å². The molecule has 0 aliphatic carbocycles.